The molecule has 4 aromatic rings. The number of benzene rings is 2. The summed E-state index contributed by atoms with van der Waals surface area (Å²) in [5.74, 6) is -0.608. The van der Waals surface area contributed by atoms with Crippen molar-refractivity contribution in [3.8, 4) is 5.69 Å². The van der Waals surface area contributed by atoms with Crippen molar-refractivity contribution in [3.05, 3.63) is 89.1 Å². The highest BCUT2D eigenvalue weighted by atomic mass is 16.2. The quantitative estimate of drug-likeness (QED) is 0.583. The van der Waals surface area contributed by atoms with E-state index in [4.69, 9.17) is 0 Å². The van der Waals surface area contributed by atoms with Crippen LogP contribution in [0.1, 0.15) is 24.8 Å². The molecule has 0 fully saturated rings. The van der Waals surface area contributed by atoms with Crippen LogP contribution in [-0.4, -0.2) is 25.3 Å². The summed E-state index contributed by atoms with van der Waals surface area (Å²) in [4.78, 5) is 29.9. The van der Waals surface area contributed by atoms with Crippen molar-refractivity contribution in [3.63, 3.8) is 0 Å². The average molecular weight is 373 g/mol. The minimum Gasteiger partial charge on any atom is -0.273 e. The second-order valence-electron chi connectivity index (χ2n) is 6.40. The summed E-state index contributed by atoms with van der Waals surface area (Å²) in [6.07, 6.45) is 3.41. The van der Waals surface area contributed by atoms with Gasteiger partial charge in [0, 0.05) is 0 Å². The lowest BCUT2D eigenvalue weighted by molar-refractivity contribution is -0.118. The molecule has 1 amide bonds. The first-order chi connectivity index (χ1) is 13.7. The molecule has 0 spiro atoms. The van der Waals surface area contributed by atoms with Gasteiger partial charge in [-0.2, -0.15) is 5.10 Å². The summed E-state index contributed by atoms with van der Waals surface area (Å²) in [5.41, 5.74) is 4.45. The molecule has 0 bridgehead atoms. The predicted molar refractivity (Wildman–Crippen MR) is 107 cm³/mol. The molecule has 1 N–H and O–H groups in total. The zero-order valence-corrected chi connectivity index (χ0v) is 15.3. The lowest BCUT2D eigenvalue weighted by atomic mass is 9.96. The van der Waals surface area contributed by atoms with Gasteiger partial charge in [-0.25, -0.2) is 14.3 Å². The third-order valence-corrected chi connectivity index (χ3v) is 4.65. The Balaban J connectivity index is 1.66. The molecule has 2 aromatic carbocycles. The minimum absolute atomic E-state index is 0.257. The molecule has 0 saturated carbocycles. The molecule has 1 atom stereocenters. The van der Waals surface area contributed by atoms with Crippen LogP contribution < -0.4 is 11.0 Å². The molecule has 7 heteroatoms. The van der Waals surface area contributed by atoms with Crippen molar-refractivity contribution in [1.29, 1.82) is 0 Å². The highest BCUT2D eigenvalue weighted by molar-refractivity contribution is 5.90. The molecule has 0 aliphatic rings. The van der Waals surface area contributed by atoms with E-state index in [0.29, 0.717) is 17.5 Å². The molecule has 0 aliphatic heterocycles. The number of carbonyl (C=O) groups excluding carboxylic acids is 1. The third kappa shape index (κ3) is 3.18. The van der Waals surface area contributed by atoms with Crippen LogP contribution in [0.5, 0.6) is 0 Å². The van der Waals surface area contributed by atoms with Gasteiger partial charge in [-0.05, 0) is 24.1 Å². The summed E-state index contributed by atoms with van der Waals surface area (Å²) in [5, 5.41) is 4.61. The van der Waals surface area contributed by atoms with Crippen LogP contribution in [0.25, 0.3) is 16.7 Å². The van der Waals surface area contributed by atoms with Gasteiger partial charge in [0.1, 0.15) is 11.7 Å². The lowest BCUT2D eigenvalue weighted by Gasteiger charge is -2.16. The Kier molecular flexibility index (Phi) is 4.72. The monoisotopic (exact) mass is 373 g/mol. The standard InChI is InChI=1S/C21H19N5O2/c1-2-17(15-9-5-3-6-10-15)20(27)24-25-14-22-19-18(21(25)28)13-23-26(19)16-11-7-4-8-12-16/h3-14,17H,2H2,1H3,(H,24,27). The number of fused-ring (bicyclic) bond motifs is 1. The van der Waals surface area contributed by atoms with Gasteiger partial charge < -0.3 is 0 Å². The number of para-hydroxylation sites is 1. The SMILES string of the molecule is CCC(C(=O)Nn1cnc2c(cnn2-c2ccccc2)c1=O)c1ccccc1. The van der Waals surface area contributed by atoms with Gasteiger partial charge in [-0.3, -0.25) is 15.0 Å². The summed E-state index contributed by atoms with van der Waals surface area (Å²) >= 11 is 0. The minimum atomic E-state index is -0.372. The highest BCUT2D eigenvalue weighted by Crippen LogP contribution is 2.19. The Morgan fingerprint density at radius 2 is 1.75 bits per heavy atom. The molecule has 4 rings (SSSR count). The Labute approximate surface area is 161 Å². The highest BCUT2D eigenvalue weighted by Gasteiger charge is 2.20. The van der Waals surface area contributed by atoms with Crippen LogP contribution in [0, 0.1) is 0 Å². The molecule has 1 unspecified atom stereocenters. The fourth-order valence-electron chi connectivity index (χ4n) is 3.20. The molecular formula is C21H19N5O2. The first-order valence-corrected chi connectivity index (χ1v) is 9.05. The van der Waals surface area contributed by atoms with Gasteiger partial charge >= 0.3 is 0 Å². The Bertz CT molecular complexity index is 1170. The molecule has 0 aliphatic carbocycles. The van der Waals surface area contributed by atoms with Crippen LogP contribution >= 0.6 is 0 Å². The molecular weight excluding hydrogens is 354 g/mol. The van der Waals surface area contributed by atoms with E-state index in [1.54, 1.807) is 4.68 Å². The van der Waals surface area contributed by atoms with E-state index in [0.717, 1.165) is 15.9 Å². The number of carbonyl (C=O) groups is 1. The molecule has 28 heavy (non-hydrogen) atoms. The van der Waals surface area contributed by atoms with E-state index >= 15 is 0 Å². The summed E-state index contributed by atoms with van der Waals surface area (Å²) < 4.78 is 2.72. The second kappa shape index (κ2) is 7.48. The Morgan fingerprint density at radius 3 is 2.43 bits per heavy atom. The Hall–Kier alpha value is -3.74. The zero-order chi connectivity index (χ0) is 19.5. The average Bonchev–Trinajstić information content (AvgIpc) is 3.17. The number of amides is 1. The molecule has 7 nitrogen and oxygen atoms in total. The van der Waals surface area contributed by atoms with Crippen molar-refractivity contribution in [2.24, 2.45) is 0 Å². The summed E-state index contributed by atoms with van der Waals surface area (Å²) in [6.45, 7) is 1.94. The topological polar surface area (TPSA) is 81.8 Å². The van der Waals surface area contributed by atoms with E-state index in [9.17, 15) is 9.59 Å². The van der Waals surface area contributed by atoms with Crippen molar-refractivity contribution in [2.75, 3.05) is 5.43 Å². The number of nitrogens with one attached hydrogen (secondary N) is 1. The maximum atomic E-state index is 12.8. The van der Waals surface area contributed by atoms with Crippen LogP contribution in [0.3, 0.4) is 0 Å². The van der Waals surface area contributed by atoms with E-state index in [1.165, 1.54) is 12.5 Å². The van der Waals surface area contributed by atoms with Gasteiger partial charge in [0.25, 0.3) is 5.56 Å². The first-order valence-electron chi connectivity index (χ1n) is 9.05. The number of rotatable bonds is 5. The van der Waals surface area contributed by atoms with E-state index < -0.39 is 0 Å². The molecule has 0 saturated heterocycles. The molecule has 0 radical (unpaired) electrons. The van der Waals surface area contributed by atoms with E-state index in [2.05, 4.69) is 15.5 Å². The molecule has 2 aromatic heterocycles. The van der Waals surface area contributed by atoms with Crippen molar-refractivity contribution >= 4 is 16.9 Å². The second-order valence-corrected chi connectivity index (χ2v) is 6.40. The largest absolute Gasteiger partial charge is 0.283 e. The predicted octanol–water partition coefficient (Wildman–Crippen LogP) is 2.85. The van der Waals surface area contributed by atoms with Crippen LogP contribution in [-0.2, 0) is 4.79 Å². The van der Waals surface area contributed by atoms with Crippen molar-refractivity contribution < 1.29 is 4.79 Å². The normalized spacial score (nSPS) is 12.0. The van der Waals surface area contributed by atoms with Crippen LogP contribution in [0.2, 0.25) is 0 Å². The van der Waals surface area contributed by atoms with Gasteiger partial charge in [0.2, 0.25) is 5.91 Å². The molecule has 2 heterocycles. The maximum Gasteiger partial charge on any atom is 0.283 e. The summed E-state index contributed by atoms with van der Waals surface area (Å²) in [6, 6.07) is 18.9. The van der Waals surface area contributed by atoms with Gasteiger partial charge in [-0.15, -0.1) is 0 Å². The smallest absolute Gasteiger partial charge is 0.273 e. The fourth-order valence-corrected chi connectivity index (χ4v) is 3.20. The van der Waals surface area contributed by atoms with Gasteiger partial charge in [0.15, 0.2) is 5.65 Å². The van der Waals surface area contributed by atoms with Gasteiger partial charge in [0.05, 0.1) is 17.8 Å². The summed E-state index contributed by atoms with van der Waals surface area (Å²) in [7, 11) is 0. The fraction of sp³-hybridized carbons (Fsp3) is 0.143. The van der Waals surface area contributed by atoms with Crippen LogP contribution in [0.15, 0.2) is 78.0 Å². The zero-order valence-electron chi connectivity index (χ0n) is 15.3. The Morgan fingerprint density at radius 1 is 1.07 bits per heavy atom. The van der Waals surface area contributed by atoms with E-state index in [1.807, 2.05) is 67.6 Å². The maximum absolute atomic E-state index is 12.8. The third-order valence-electron chi connectivity index (χ3n) is 4.65. The van der Waals surface area contributed by atoms with Crippen molar-refractivity contribution in [2.45, 2.75) is 19.3 Å². The number of hydrogen-bond acceptors (Lipinski definition) is 4. The van der Waals surface area contributed by atoms with Crippen molar-refractivity contribution in [1.82, 2.24) is 19.4 Å². The number of hydrogen-bond donors (Lipinski definition) is 1. The number of aromatic nitrogens is 4. The molecule has 140 valence electrons. The van der Waals surface area contributed by atoms with Gasteiger partial charge in [-0.1, -0.05) is 55.5 Å². The first kappa shape index (κ1) is 17.7. The lowest BCUT2D eigenvalue weighted by Crippen LogP contribution is -2.35. The number of nitrogens with zero attached hydrogens (tertiary/aromatic N) is 4. The van der Waals surface area contributed by atoms with Crippen LogP contribution in [0.4, 0.5) is 0 Å². The van der Waals surface area contributed by atoms with E-state index in [-0.39, 0.29) is 17.4 Å².